The number of amides is 11. The zero-order valence-electron chi connectivity index (χ0n) is 72.1. The number of carbonyl (C=O) groups is 12. The summed E-state index contributed by atoms with van der Waals surface area (Å²) in [6, 6.07) is 0.377. The fraction of sp³-hybridized carbons (Fsp3) is 0.471. The van der Waals surface area contributed by atoms with E-state index in [-0.39, 0.29) is 16.7 Å². The van der Waals surface area contributed by atoms with E-state index < -0.39 is 321 Å². The van der Waals surface area contributed by atoms with Crippen molar-refractivity contribution in [2.24, 2.45) is 35.5 Å². The third-order valence-corrected chi connectivity index (χ3v) is 22.9. The number of aliphatic hydroxyl groups excluding tert-OH is 3. The van der Waals surface area contributed by atoms with Gasteiger partial charge in [-0.2, -0.15) is 54.5 Å². The highest BCUT2D eigenvalue weighted by atomic mass is 19.2. The van der Waals surface area contributed by atoms with Crippen molar-refractivity contribution in [3.05, 3.63) is 177 Å². The van der Waals surface area contributed by atoms with E-state index in [0.29, 0.717) is 19.3 Å². The van der Waals surface area contributed by atoms with E-state index in [1.807, 2.05) is 0 Å². The lowest BCUT2D eigenvalue weighted by molar-refractivity contribution is -0.167. The molecule has 9 rings (SSSR count). The van der Waals surface area contributed by atoms with Gasteiger partial charge in [0.15, 0.2) is 23.6 Å². The average Bonchev–Trinajstić information content (AvgIpc) is 0.800. The summed E-state index contributed by atoms with van der Waals surface area (Å²) in [6.45, 7) is 18.0. The van der Waals surface area contributed by atoms with Crippen LogP contribution in [0.5, 0.6) is 17.2 Å². The molecule has 16 N–H and O–H groups in total. The molecule has 3 aromatic heterocycles. The first-order valence-electron chi connectivity index (χ1n) is 40.9. The number of nitrogens with zero attached hydrogens (tertiary/aromatic N) is 4. The van der Waals surface area contributed by atoms with Crippen molar-refractivity contribution in [3.63, 3.8) is 0 Å². The van der Waals surface area contributed by atoms with Crippen LogP contribution in [0.25, 0.3) is 0 Å². The molecular weight excluding hydrogens is 1750 g/mol. The fourth-order valence-corrected chi connectivity index (χ4v) is 14.3. The first-order chi connectivity index (χ1) is 60.9. The number of phenols is 3. The van der Waals surface area contributed by atoms with E-state index >= 15 is 0 Å². The van der Waals surface area contributed by atoms with Crippen LogP contribution in [0.2, 0.25) is 0 Å². The van der Waals surface area contributed by atoms with Gasteiger partial charge in [-0.3, -0.25) is 57.5 Å². The van der Waals surface area contributed by atoms with Gasteiger partial charge in [0.05, 0.1) is 89.0 Å². The largest absolute Gasteiger partial charge is 0.507 e. The number of para-hydroxylation sites is 3. The molecule has 21 atom stereocenters. The summed E-state index contributed by atoms with van der Waals surface area (Å²) in [5.74, 6) is -41.3. The number of phenolic OH excluding ortho intramolecular Hbond substituents is 3. The first kappa shape index (κ1) is 104. The number of hydrogen-bond acceptors (Lipinski definition) is 22. The maximum Gasteiger partial charge on any atom is 0.312 e. The Hall–Kier alpha value is -12.8. The minimum Gasteiger partial charge on any atom is -0.507 e. The number of carbonyl (C=O) groups excluding carboxylic acids is 12. The zero-order chi connectivity index (χ0) is 97.4. The molecule has 6 heterocycles. The maximum absolute atomic E-state index is 14.6. The summed E-state index contributed by atoms with van der Waals surface area (Å²) in [4.78, 5) is 169. The standard InChI is InChI=1S/C29H35F4N5O6.C28H33F4N5O6.C28H32F4N4O7/c1-6-12(2)22-28(43)34-14(4)21(36-26(41)15-9-7-8-10-18(15)39)27(42)35-17(23(40)13(3)29(44)38(22)5)11-16-19(30)20(31)25(33)37-24(16)32;1-5-11(2)20-27(42)33-13(4)21(36-26(41)14-8-6-7-9-17(14)38)28(43)34-16(22(39)12(3)25(40)35-20)10-15-18(29)19(30)24(32)37-23(15)31;1-5-11(2)22-27(41)33-13(4)20(35-25(39)14-8-6-7-9-17(14)37)26(40)34-16(21(38)12(3)28(42)43-22)10-15-18(29)19(30)24(32)36-23(15)31/h7-10,12-14,17,21-23,39-40H,6,11H2,1-5H3,(H,34,43)(H,35,42)(H,36,41);6-9,11-13,16,20-22,38-39H,5,10H2,1-4H3,(H,33,42)(H,34,43)(H,35,40)(H,36,41);6-9,11-13,16,20-22,37-38H,5,10H2,1-4H3,(H,33,41)(H,34,40)(H,35,39)/t12?,13-,14-,17+,21+,22?,23+;11?,12-,13-,16+,20?,21+,22+;11?,12-,13-,16+,20+,21+,22?/m111/s1. The van der Waals surface area contributed by atoms with Crippen molar-refractivity contribution < 1.29 is 146 Å². The van der Waals surface area contributed by atoms with Crippen molar-refractivity contribution in [3.8, 4) is 17.2 Å². The molecule has 6 unspecified atom stereocenters. The van der Waals surface area contributed by atoms with Crippen molar-refractivity contribution >= 4 is 70.9 Å². The average molecular weight is 1850 g/mol. The number of hydrogen-bond donors (Lipinski definition) is 16. The molecule has 3 aliphatic heterocycles. The fourth-order valence-electron chi connectivity index (χ4n) is 14.3. The topological polar surface area (TPSA) is 498 Å². The predicted molar refractivity (Wildman–Crippen MR) is 432 cm³/mol. The van der Waals surface area contributed by atoms with Crippen molar-refractivity contribution in [1.29, 1.82) is 0 Å². The second kappa shape index (κ2) is 45.4. The summed E-state index contributed by atoms with van der Waals surface area (Å²) in [5, 5.41) is 88.3. The number of nitrogens with one attached hydrogen (secondary N) is 10. The van der Waals surface area contributed by atoms with E-state index in [9.17, 15) is 141 Å². The van der Waals surface area contributed by atoms with Gasteiger partial charge >= 0.3 is 5.97 Å². The zero-order valence-corrected chi connectivity index (χ0v) is 72.1. The van der Waals surface area contributed by atoms with E-state index in [4.69, 9.17) is 4.74 Å². The van der Waals surface area contributed by atoms with Crippen LogP contribution in [0, 0.1) is 106 Å². The highest BCUT2D eigenvalue weighted by molar-refractivity contribution is 6.02. The number of rotatable bonds is 18. The Balaban J connectivity index is 0.000000267. The molecule has 3 fully saturated rings. The predicted octanol–water partition coefficient (Wildman–Crippen LogP) is 4.42. The number of aromatic hydroxyl groups is 3. The number of ether oxygens (including phenoxy) is 1. The Morgan fingerprint density at radius 3 is 1.03 bits per heavy atom. The van der Waals surface area contributed by atoms with E-state index in [2.05, 4.69) is 68.1 Å². The van der Waals surface area contributed by atoms with Crippen LogP contribution in [-0.4, -0.2) is 219 Å². The Morgan fingerprint density at radius 1 is 0.392 bits per heavy atom. The lowest BCUT2D eigenvalue weighted by atomic mass is 9.89. The van der Waals surface area contributed by atoms with Crippen LogP contribution in [-0.2, 0) is 67.2 Å². The summed E-state index contributed by atoms with van der Waals surface area (Å²) in [7, 11) is 1.34. The van der Waals surface area contributed by atoms with Gasteiger partial charge in [0, 0.05) is 48.9 Å². The highest BCUT2D eigenvalue weighted by Crippen LogP contribution is 2.30. The number of aliphatic hydroxyl groups is 3. The molecule has 0 bridgehead atoms. The molecule has 708 valence electrons. The Kier molecular flexibility index (Phi) is 36.4. The summed E-state index contributed by atoms with van der Waals surface area (Å²) in [5.41, 5.74) is -4.02. The number of benzene rings is 3. The number of halogens is 12. The number of aromatic nitrogens is 3. The van der Waals surface area contributed by atoms with Crippen molar-refractivity contribution in [2.45, 2.75) is 212 Å². The molecule has 6 aromatic rings. The summed E-state index contributed by atoms with van der Waals surface area (Å²) < 4.78 is 175. The lowest BCUT2D eigenvalue weighted by Crippen LogP contribution is -2.64. The SMILES string of the molecule is CCC(C)C1C(=O)N[C@H](C)[C@H](NC(=O)c2ccccc2O)C(=O)N[C@@H](Cc2c(F)nc(F)c(F)c2F)[C@@H](O)[C@@H](C)C(=O)N1C.CCC(C)C1NC(=O)[C@H](C)[C@H](O)[C@H](Cc2c(F)nc(F)c(F)c2F)NC(=O)[C@@H](NC(=O)c2ccccc2O)[C@@H](C)NC1=O.CCC(C)C1OC(=O)[C@H](C)[C@H](O)[C@H](Cc2c(F)nc(F)c(F)c2F)NC(=O)[C@@H](NC(=O)c2ccccc2O)[C@@H](C)NC1=O. The van der Waals surface area contributed by atoms with Gasteiger partial charge in [0.2, 0.25) is 76.6 Å². The van der Waals surface area contributed by atoms with Crippen molar-refractivity contribution in [1.82, 2.24) is 73.0 Å². The molecule has 0 saturated carbocycles. The maximum atomic E-state index is 14.6. The summed E-state index contributed by atoms with van der Waals surface area (Å²) >= 11 is 0. The second-order valence-corrected chi connectivity index (χ2v) is 31.9. The molecule has 3 aliphatic rings. The molecule has 11 amide bonds. The van der Waals surface area contributed by atoms with Crippen LogP contribution in [0.15, 0.2) is 72.8 Å². The third kappa shape index (κ3) is 24.8. The van der Waals surface area contributed by atoms with E-state index in [1.54, 1.807) is 41.5 Å². The third-order valence-electron chi connectivity index (χ3n) is 22.9. The van der Waals surface area contributed by atoms with Crippen LogP contribution in [0.4, 0.5) is 52.7 Å². The van der Waals surface area contributed by atoms with Crippen LogP contribution in [0.3, 0.4) is 0 Å². The van der Waals surface area contributed by atoms with E-state index in [1.165, 1.54) is 121 Å². The smallest absolute Gasteiger partial charge is 0.312 e. The van der Waals surface area contributed by atoms with Gasteiger partial charge in [-0.25, -0.2) is 13.2 Å². The molecule has 3 saturated heterocycles. The normalized spacial score (nSPS) is 25.8. The van der Waals surface area contributed by atoms with Crippen LogP contribution < -0.4 is 53.2 Å². The Morgan fingerprint density at radius 2 is 0.700 bits per heavy atom. The molecule has 130 heavy (non-hydrogen) atoms. The first-order valence-corrected chi connectivity index (χ1v) is 40.9. The molecular formula is C85H100F12N14O19. The minimum atomic E-state index is -2.10. The molecule has 45 heteroatoms. The van der Waals surface area contributed by atoms with Gasteiger partial charge in [-0.15, -0.1) is 0 Å². The van der Waals surface area contributed by atoms with Gasteiger partial charge in [0.1, 0.15) is 47.5 Å². The van der Waals surface area contributed by atoms with E-state index in [0.717, 1.165) is 4.90 Å². The molecule has 0 spiro atoms. The van der Waals surface area contributed by atoms with Gasteiger partial charge in [-0.05, 0) is 82.3 Å². The number of esters is 1. The van der Waals surface area contributed by atoms with Crippen LogP contribution >= 0.6 is 0 Å². The van der Waals surface area contributed by atoms with Gasteiger partial charge in [0.25, 0.3) is 41.5 Å². The summed E-state index contributed by atoms with van der Waals surface area (Å²) in [6.07, 6.45) is -8.85. The second-order valence-electron chi connectivity index (χ2n) is 31.9. The Labute approximate surface area is 735 Å². The quantitative estimate of drug-likeness (QED) is 0.0322. The van der Waals surface area contributed by atoms with Gasteiger partial charge in [-0.1, -0.05) is 105 Å². The molecule has 0 radical (unpaired) electrons. The monoisotopic (exact) mass is 1850 g/mol. The number of likely N-dealkylation sites (N-methyl/N-ethyl adjacent to an activating group) is 1. The van der Waals surface area contributed by atoms with Gasteiger partial charge < -0.3 is 93.4 Å². The number of cyclic esters (lactones) is 1. The Bertz CT molecular complexity index is 5000. The minimum absolute atomic E-state index is 0.213. The molecule has 33 nitrogen and oxygen atoms in total. The molecule has 0 aliphatic carbocycles. The highest BCUT2D eigenvalue weighted by Gasteiger charge is 2.47. The van der Waals surface area contributed by atoms with Crippen LogP contribution in [0.1, 0.15) is 150 Å². The van der Waals surface area contributed by atoms with Crippen molar-refractivity contribution in [2.75, 3.05) is 7.05 Å². The number of pyridine rings is 3. The molecule has 3 aromatic carbocycles. The lowest BCUT2D eigenvalue weighted by Gasteiger charge is -2.38.